The van der Waals surface area contributed by atoms with Crippen LogP contribution in [0.5, 0.6) is 0 Å². The summed E-state index contributed by atoms with van der Waals surface area (Å²) in [6, 6.07) is 4.29. The first-order valence-electron chi connectivity index (χ1n) is 6.63. The van der Waals surface area contributed by atoms with Crippen molar-refractivity contribution in [3.63, 3.8) is 0 Å². The molecule has 0 aromatic rings. The number of hydrogen-bond acceptors (Lipinski definition) is 5. The number of nitrogens with zero attached hydrogens (tertiary/aromatic N) is 4. The molecule has 0 unspecified atom stereocenters. The first kappa shape index (κ1) is 14.9. The van der Waals surface area contributed by atoms with E-state index in [1.165, 1.54) is 0 Å². The van der Waals surface area contributed by atoms with Crippen molar-refractivity contribution in [3.05, 3.63) is 0 Å². The minimum Gasteiger partial charge on any atom is -0.390 e. The molecule has 0 atom stereocenters. The van der Waals surface area contributed by atoms with Gasteiger partial charge < -0.3 is 5.11 Å². The number of β-amino-alcohol motifs (C(OH)–C–C–N with tert-alkyl or cyclic N) is 1. The van der Waals surface area contributed by atoms with E-state index in [2.05, 4.69) is 21.9 Å². The predicted molar refractivity (Wildman–Crippen MR) is 68.6 cm³/mol. The molecule has 0 radical (unpaired) electrons. The molecule has 1 N–H and O–H groups in total. The maximum Gasteiger partial charge on any atom is 0.0793 e. The molecule has 18 heavy (non-hydrogen) atoms. The van der Waals surface area contributed by atoms with Crippen LogP contribution in [0, 0.1) is 22.7 Å². The second kappa shape index (κ2) is 8.88. The highest BCUT2D eigenvalue weighted by atomic mass is 16.3. The zero-order chi connectivity index (χ0) is 13.2. The summed E-state index contributed by atoms with van der Waals surface area (Å²) in [5, 5.41) is 27.0. The van der Waals surface area contributed by atoms with Crippen LogP contribution in [0.3, 0.4) is 0 Å². The van der Waals surface area contributed by atoms with Crippen LogP contribution in [0.4, 0.5) is 0 Å². The van der Waals surface area contributed by atoms with Crippen molar-refractivity contribution in [1.82, 2.24) is 9.80 Å². The van der Waals surface area contributed by atoms with Gasteiger partial charge in [-0.05, 0) is 25.9 Å². The van der Waals surface area contributed by atoms with Gasteiger partial charge in [-0.3, -0.25) is 9.80 Å². The third-order valence-corrected chi connectivity index (χ3v) is 3.20. The van der Waals surface area contributed by atoms with Crippen molar-refractivity contribution in [2.75, 3.05) is 39.3 Å². The van der Waals surface area contributed by atoms with Gasteiger partial charge in [-0.25, -0.2) is 0 Å². The van der Waals surface area contributed by atoms with E-state index in [1.54, 1.807) is 0 Å². The van der Waals surface area contributed by atoms with Gasteiger partial charge >= 0.3 is 0 Å². The van der Waals surface area contributed by atoms with Gasteiger partial charge in [-0.2, -0.15) is 10.5 Å². The zero-order valence-electron chi connectivity index (χ0n) is 10.9. The summed E-state index contributed by atoms with van der Waals surface area (Å²) in [6.07, 6.45) is 2.59. The van der Waals surface area contributed by atoms with Crippen LogP contribution in [0.1, 0.15) is 25.7 Å². The maximum atomic E-state index is 9.93. The minimum atomic E-state index is -0.323. The number of hydrogen-bond donors (Lipinski definition) is 1. The summed E-state index contributed by atoms with van der Waals surface area (Å²) in [5.74, 6) is 0. The van der Waals surface area contributed by atoms with Gasteiger partial charge in [0, 0.05) is 39.0 Å². The summed E-state index contributed by atoms with van der Waals surface area (Å²) in [7, 11) is 0. The van der Waals surface area contributed by atoms with Gasteiger partial charge in [-0.1, -0.05) is 0 Å². The van der Waals surface area contributed by atoms with Crippen molar-refractivity contribution in [3.8, 4) is 12.1 Å². The first-order valence-corrected chi connectivity index (χ1v) is 6.63. The lowest BCUT2D eigenvalue weighted by Crippen LogP contribution is -2.34. The zero-order valence-corrected chi connectivity index (χ0v) is 10.9. The molecule has 1 saturated heterocycles. The second-order valence-corrected chi connectivity index (χ2v) is 4.78. The standard InChI is InChI=1S/C13H22N4O/c14-5-1-3-7-16-9-10-17(8-4-2-6-15)12-13(18)11-16/h13,18H,1-4,7-12H2. The van der Waals surface area contributed by atoms with E-state index in [4.69, 9.17) is 10.5 Å². The number of aliphatic hydroxyl groups excluding tert-OH is 1. The molecule has 0 bridgehead atoms. The Kier molecular flexibility index (Phi) is 7.36. The fourth-order valence-corrected chi connectivity index (χ4v) is 2.29. The van der Waals surface area contributed by atoms with Crippen LogP contribution in [0.25, 0.3) is 0 Å². The number of rotatable bonds is 6. The normalized spacial score (nSPS) is 19.1. The summed E-state index contributed by atoms with van der Waals surface area (Å²) in [6.45, 7) is 5.04. The quantitative estimate of drug-likeness (QED) is 0.698. The van der Waals surface area contributed by atoms with Gasteiger partial charge in [0.25, 0.3) is 0 Å². The van der Waals surface area contributed by atoms with Gasteiger partial charge in [-0.15, -0.1) is 0 Å². The van der Waals surface area contributed by atoms with E-state index in [0.717, 1.165) is 39.0 Å². The first-order chi connectivity index (χ1) is 8.76. The monoisotopic (exact) mass is 250 g/mol. The minimum absolute atomic E-state index is 0.323. The Hall–Kier alpha value is -1.14. The highest BCUT2D eigenvalue weighted by molar-refractivity contribution is 4.78. The summed E-state index contributed by atoms with van der Waals surface area (Å²) >= 11 is 0. The van der Waals surface area contributed by atoms with Gasteiger partial charge in [0.05, 0.1) is 18.2 Å². The van der Waals surface area contributed by atoms with E-state index >= 15 is 0 Å². The Morgan fingerprint density at radius 1 is 0.944 bits per heavy atom. The van der Waals surface area contributed by atoms with Crippen LogP contribution >= 0.6 is 0 Å². The molecule has 1 rings (SSSR count). The van der Waals surface area contributed by atoms with E-state index < -0.39 is 0 Å². The molecule has 0 amide bonds. The van der Waals surface area contributed by atoms with Crippen LogP contribution in [-0.2, 0) is 0 Å². The molecule has 0 saturated carbocycles. The highest BCUT2D eigenvalue weighted by Crippen LogP contribution is 2.06. The van der Waals surface area contributed by atoms with Crippen molar-refractivity contribution in [1.29, 1.82) is 10.5 Å². The number of nitriles is 2. The van der Waals surface area contributed by atoms with Crippen LogP contribution in [0.15, 0.2) is 0 Å². The van der Waals surface area contributed by atoms with E-state index in [-0.39, 0.29) is 6.10 Å². The fraction of sp³-hybridized carbons (Fsp3) is 0.846. The second-order valence-electron chi connectivity index (χ2n) is 4.78. The summed E-state index contributed by atoms with van der Waals surface area (Å²) < 4.78 is 0. The van der Waals surface area contributed by atoms with Crippen molar-refractivity contribution in [2.45, 2.75) is 31.8 Å². The topological polar surface area (TPSA) is 74.3 Å². The van der Waals surface area contributed by atoms with Gasteiger partial charge in [0.15, 0.2) is 0 Å². The molecule has 1 aliphatic heterocycles. The van der Waals surface area contributed by atoms with E-state index in [9.17, 15) is 5.11 Å². The number of unbranched alkanes of at least 4 members (excludes halogenated alkanes) is 2. The predicted octanol–water partition coefficient (Wildman–Crippen LogP) is 0.572. The fourth-order valence-electron chi connectivity index (χ4n) is 2.29. The molecule has 0 aromatic heterocycles. The van der Waals surface area contributed by atoms with Gasteiger partial charge in [0.2, 0.25) is 0 Å². The third kappa shape index (κ3) is 5.97. The molecule has 1 fully saturated rings. The Labute approximate surface area is 109 Å². The molecule has 5 nitrogen and oxygen atoms in total. The molecule has 100 valence electrons. The SMILES string of the molecule is N#CCCCN1CCN(CCCC#N)CC(O)C1. The lowest BCUT2D eigenvalue weighted by molar-refractivity contribution is 0.109. The molecule has 1 aliphatic rings. The van der Waals surface area contributed by atoms with Crippen molar-refractivity contribution >= 4 is 0 Å². The molecular formula is C13H22N4O. The Bertz CT molecular complexity index is 277. The van der Waals surface area contributed by atoms with Crippen LogP contribution in [0.2, 0.25) is 0 Å². The largest absolute Gasteiger partial charge is 0.390 e. The van der Waals surface area contributed by atoms with Gasteiger partial charge in [0.1, 0.15) is 0 Å². The smallest absolute Gasteiger partial charge is 0.0793 e. The molecule has 0 aliphatic carbocycles. The lowest BCUT2D eigenvalue weighted by atomic mass is 10.2. The summed E-state index contributed by atoms with van der Waals surface area (Å²) in [5.41, 5.74) is 0. The van der Waals surface area contributed by atoms with Crippen molar-refractivity contribution in [2.24, 2.45) is 0 Å². The Balaban J connectivity index is 2.29. The Morgan fingerprint density at radius 2 is 1.39 bits per heavy atom. The van der Waals surface area contributed by atoms with E-state index in [0.29, 0.717) is 25.9 Å². The summed E-state index contributed by atoms with van der Waals surface area (Å²) in [4.78, 5) is 4.46. The molecule has 0 spiro atoms. The molecule has 1 heterocycles. The highest BCUT2D eigenvalue weighted by Gasteiger charge is 2.20. The van der Waals surface area contributed by atoms with E-state index in [1.807, 2.05) is 0 Å². The Morgan fingerprint density at radius 3 is 1.78 bits per heavy atom. The lowest BCUT2D eigenvalue weighted by Gasteiger charge is -2.20. The third-order valence-electron chi connectivity index (χ3n) is 3.20. The number of aliphatic hydroxyl groups is 1. The molecule has 0 aromatic carbocycles. The molecule has 5 heteroatoms. The van der Waals surface area contributed by atoms with Crippen LogP contribution < -0.4 is 0 Å². The average Bonchev–Trinajstić information content (AvgIpc) is 2.52. The van der Waals surface area contributed by atoms with Crippen LogP contribution in [-0.4, -0.2) is 60.3 Å². The average molecular weight is 250 g/mol. The van der Waals surface area contributed by atoms with Crippen molar-refractivity contribution < 1.29 is 5.11 Å². The molecular weight excluding hydrogens is 228 g/mol. The maximum absolute atomic E-state index is 9.93.